The number of aliphatic hydroxyl groups is 5. The number of allylic oxidation sites excluding steroid dienone is 12. The Hall–Kier alpha value is -2.22. The van der Waals surface area contributed by atoms with Crippen molar-refractivity contribution in [1.82, 2.24) is 0 Å². The quantitative estimate of drug-likeness (QED) is 0.0148. The summed E-state index contributed by atoms with van der Waals surface area (Å²) in [6, 6.07) is 0. The monoisotopic (exact) mass is 911 g/mol. The average Bonchev–Trinajstić information content (AvgIpc) is 3.27. The third kappa shape index (κ3) is 32.2. The van der Waals surface area contributed by atoms with Gasteiger partial charge in [0.05, 0.1) is 13.2 Å². The molecule has 1 saturated carbocycles. The van der Waals surface area contributed by atoms with Gasteiger partial charge in [-0.15, -0.1) is 0 Å². The molecular weight excluding hydrogens is 824 g/mol. The number of hydrogen-bond acceptors (Lipinski definition) is 11. The molecule has 1 fully saturated rings. The molecule has 6 unspecified atom stereocenters. The molecule has 1 rings (SSSR count). The SMILES string of the molecule is CC/C=C\C/C=C\C/C=C\C/C=C\C/C=C\CCCC(=O)OC(COCCCCCCCCCC/C=C\CCCCCCCCC)COP(=O)(O)OC1C(O)C(O)C(O)C(O)C1O. The molecule has 6 N–H and O–H groups in total. The van der Waals surface area contributed by atoms with Gasteiger partial charge in [-0.2, -0.15) is 0 Å². The molecule has 0 amide bonds. The second-order valence-electron chi connectivity index (χ2n) is 16.6. The fraction of sp³-hybridized carbons (Fsp3) is 0.740. The van der Waals surface area contributed by atoms with Gasteiger partial charge in [-0.1, -0.05) is 164 Å². The molecule has 0 aliphatic heterocycles. The maximum absolute atomic E-state index is 12.8. The molecule has 0 aromatic rings. The second kappa shape index (κ2) is 40.1. The number of ether oxygens (including phenoxy) is 2. The fourth-order valence-corrected chi connectivity index (χ4v) is 7.95. The maximum atomic E-state index is 12.8. The number of unbranched alkanes of at least 4 members (excludes halogenated alkanes) is 16. The van der Waals surface area contributed by atoms with Crippen LogP contribution in [-0.4, -0.2) is 98.9 Å². The Labute approximate surface area is 380 Å². The lowest BCUT2D eigenvalue weighted by atomic mass is 9.85. The van der Waals surface area contributed by atoms with E-state index in [-0.39, 0.29) is 13.0 Å². The van der Waals surface area contributed by atoms with Gasteiger partial charge in [0.25, 0.3) is 0 Å². The molecular formula is C50H87O12P. The molecule has 6 atom stereocenters. The summed E-state index contributed by atoms with van der Waals surface area (Å²) in [5.74, 6) is -0.536. The van der Waals surface area contributed by atoms with Crippen molar-refractivity contribution in [2.75, 3.05) is 19.8 Å². The Bertz CT molecular complexity index is 1310. The highest BCUT2D eigenvalue weighted by atomic mass is 31.2. The maximum Gasteiger partial charge on any atom is 0.472 e. The number of carbonyl (C=O) groups is 1. The zero-order valence-electron chi connectivity index (χ0n) is 38.8. The Morgan fingerprint density at radius 1 is 0.524 bits per heavy atom. The third-order valence-electron chi connectivity index (χ3n) is 10.8. The van der Waals surface area contributed by atoms with E-state index >= 15 is 0 Å². The molecule has 0 radical (unpaired) electrons. The van der Waals surface area contributed by atoms with E-state index in [9.17, 15) is 39.8 Å². The van der Waals surface area contributed by atoms with Crippen molar-refractivity contribution in [2.45, 2.75) is 217 Å². The summed E-state index contributed by atoms with van der Waals surface area (Å²) < 4.78 is 34.2. The van der Waals surface area contributed by atoms with Crippen LogP contribution in [-0.2, 0) is 27.9 Å². The number of phosphoric acid groups is 1. The van der Waals surface area contributed by atoms with Crippen molar-refractivity contribution in [3.8, 4) is 0 Å². The van der Waals surface area contributed by atoms with E-state index in [2.05, 4.69) is 74.6 Å². The van der Waals surface area contributed by atoms with E-state index in [1.165, 1.54) is 77.0 Å². The van der Waals surface area contributed by atoms with Gasteiger partial charge in [0, 0.05) is 13.0 Å². The third-order valence-corrected chi connectivity index (χ3v) is 11.8. The van der Waals surface area contributed by atoms with Gasteiger partial charge < -0.3 is 39.9 Å². The zero-order chi connectivity index (χ0) is 46.2. The standard InChI is InChI=1S/C50H87O12P/c1-3-5-7-9-11-13-15-17-19-21-22-24-26-28-30-32-34-36-38-40-59-41-43(42-60-63(57,58)62-50-48(55)46(53)45(52)47(54)49(50)56)61-44(51)39-37-35-33-31-29-27-25-23-20-18-16-14-12-10-8-6-4-2/h6,8,12,14,18-21,25,27,31,33,43,45-50,52-56H,3-5,7,9-11,13,15-17,22-24,26,28-30,32,34-42H2,1-2H3,(H,57,58)/b8-6-,14-12-,20-18-,21-19-,27-25-,33-31-. The first-order valence-corrected chi connectivity index (χ1v) is 25.8. The summed E-state index contributed by atoms with van der Waals surface area (Å²) in [6.45, 7) is 4.07. The van der Waals surface area contributed by atoms with Crippen LogP contribution in [0.1, 0.15) is 174 Å². The van der Waals surface area contributed by atoms with Crippen molar-refractivity contribution < 1.29 is 58.3 Å². The first kappa shape index (κ1) is 58.8. The van der Waals surface area contributed by atoms with Crippen LogP contribution in [0.4, 0.5) is 0 Å². The Morgan fingerprint density at radius 3 is 1.44 bits per heavy atom. The molecule has 0 saturated heterocycles. The minimum absolute atomic E-state index is 0.104. The summed E-state index contributed by atoms with van der Waals surface area (Å²) >= 11 is 0. The van der Waals surface area contributed by atoms with Gasteiger partial charge in [-0.25, -0.2) is 4.57 Å². The van der Waals surface area contributed by atoms with Crippen LogP contribution in [0.5, 0.6) is 0 Å². The molecule has 1 aliphatic carbocycles. The highest BCUT2D eigenvalue weighted by Gasteiger charge is 2.51. The Balaban J connectivity index is 2.42. The largest absolute Gasteiger partial charge is 0.472 e. The Morgan fingerprint density at radius 2 is 0.937 bits per heavy atom. The van der Waals surface area contributed by atoms with Crippen LogP contribution < -0.4 is 0 Å². The van der Waals surface area contributed by atoms with Crippen molar-refractivity contribution in [3.05, 3.63) is 72.9 Å². The molecule has 0 aromatic carbocycles. The van der Waals surface area contributed by atoms with Gasteiger partial charge in [-0.3, -0.25) is 13.8 Å². The molecule has 0 aromatic heterocycles. The summed E-state index contributed by atoms with van der Waals surface area (Å²) in [4.78, 5) is 23.2. The van der Waals surface area contributed by atoms with E-state index in [4.69, 9.17) is 18.5 Å². The van der Waals surface area contributed by atoms with Crippen molar-refractivity contribution >= 4 is 13.8 Å². The summed E-state index contributed by atoms with van der Waals surface area (Å²) in [6.07, 6.45) is 39.8. The molecule has 0 heterocycles. The van der Waals surface area contributed by atoms with E-state index < -0.39 is 63.1 Å². The predicted octanol–water partition coefficient (Wildman–Crippen LogP) is 10.4. The van der Waals surface area contributed by atoms with Crippen LogP contribution in [0.2, 0.25) is 0 Å². The smallest absolute Gasteiger partial charge is 0.457 e. The summed E-state index contributed by atoms with van der Waals surface area (Å²) in [7, 11) is -5.04. The second-order valence-corrected chi connectivity index (χ2v) is 18.0. The van der Waals surface area contributed by atoms with Crippen molar-refractivity contribution in [1.29, 1.82) is 0 Å². The number of rotatable bonds is 40. The van der Waals surface area contributed by atoms with E-state index in [1.807, 2.05) is 12.2 Å². The Kier molecular flexibility index (Phi) is 37.4. The zero-order valence-corrected chi connectivity index (χ0v) is 39.7. The van der Waals surface area contributed by atoms with Crippen LogP contribution in [0.3, 0.4) is 0 Å². The molecule has 13 heteroatoms. The van der Waals surface area contributed by atoms with E-state index in [0.29, 0.717) is 19.4 Å². The van der Waals surface area contributed by atoms with Crippen molar-refractivity contribution in [3.63, 3.8) is 0 Å². The van der Waals surface area contributed by atoms with Gasteiger partial charge in [-0.05, 0) is 77.0 Å². The highest BCUT2D eigenvalue weighted by molar-refractivity contribution is 7.47. The topological polar surface area (TPSA) is 192 Å². The number of esters is 1. The number of phosphoric ester groups is 1. The number of hydrogen-bond donors (Lipinski definition) is 6. The lowest BCUT2D eigenvalue weighted by Crippen LogP contribution is -2.64. The minimum atomic E-state index is -5.04. The normalized spacial score (nSPS) is 22.5. The average molecular weight is 911 g/mol. The molecule has 63 heavy (non-hydrogen) atoms. The van der Waals surface area contributed by atoms with Crippen LogP contribution in [0.25, 0.3) is 0 Å². The van der Waals surface area contributed by atoms with Gasteiger partial charge in [0.15, 0.2) is 0 Å². The van der Waals surface area contributed by atoms with E-state index in [1.54, 1.807) is 0 Å². The van der Waals surface area contributed by atoms with Crippen LogP contribution >= 0.6 is 7.82 Å². The fourth-order valence-electron chi connectivity index (χ4n) is 6.97. The van der Waals surface area contributed by atoms with Gasteiger partial charge in [0.1, 0.15) is 42.7 Å². The number of aliphatic hydroxyl groups excluding tert-OH is 5. The molecule has 0 bridgehead atoms. The molecule has 0 spiro atoms. The molecule has 1 aliphatic rings. The van der Waals surface area contributed by atoms with Crippen molar-refractivity contribution in [2.24, 2.45) is 0 Å². The molecule has 364 valence electrons. The minimum Gasteiger partial charge on any atom is -0.457 e. The summed E-state index contributed by atoms with van der Waals surface area (Å²) in [5.41, 5.74) is 0. The lowest BCUT2D eigenvalue weighted by molar-refractivity contribution is -0.220. The van der Waals surface area contributed by atoms with Crippen LogP contribution in [0, 0.1) is 0 Å². The first-order valence-electron chi connectivity index (χ1n) is 24.3. The van der Waals surface area contributed by atoms with Gasteiger partial charge >= 0.3 is 13.8 Å². The van der Waals surface area contributed by atoms with E-state index in [0.717, 1.165) is 64.2 Å². The van der Waals surface area contributed by atoms with Gasteiger partial charge in [0.2, 0.25) is 0 Å². The summed E-state index contributed by atoms with van der Waals surface area (Å²) in [5, 5.41) is 50.2. The van der Waals surface area contributed by atoms with Crippen LogP contribution in [0.15, 0.2) is 72.9 Å². The predicted molar refractivity (Wildman–Crippen MR) is 253 cm³/mol. The molecule has 12 nitrogen and oxygen atoms in total. The highest BCUT2D eigenvalue weighted by Crippen LogP contribution is 2.47. The number of carbonyl (C=O) groups excluding carboxylic acids is 1. The first-order chi connectivity index (χ1) is 30.5. The lowest BCUT2D eigenvalue weighted by Gasteiger charge is -2.41.